The molecule has 2 atom stereocenters. The molecule has 2 rings (SSSR count). The molecule has 4 nitrogen and oxygen atoms in total. The van der Waals surface area contributed by atoms with Crippen LogP contribution in [0.2, 0.25) is 0 Å². The normalized spacial score (nSPS) is 14.4. The van der Waals surface area contributed by atoms with E-state index in [9.17, 15) is 0 Å². The van der Waals surface area contributed by atoms with Gasteiger partial charge < -0.3 is 5.73 Å². The van der Waals surface area contributed by atoms with E-state index in [4.69, 9.17) is 5.73 Å². The Balaban J connectivity index is 2.54. The number of hydrogen-bond donors (Lipinski definition) is 1. The summed E-state index contributed by atoms with van der Waals surface area (Å²) in [5.41, 5.74) is 7.46. The van der Waals surface area contributed by atoms with E-state index in [0.717, 1.165) is 28.1 Å². The Hall–Kier alpha value is -1.20. The van der Waals surface area contributed by atoms with Crippen LogP contribution in [0.3, 0.4) is 0 Å². The van der Waals surface area contributed by atoms with Gasteiger partial charge in [-0.15, -0.1) is 0 Å². The second kappa shape index (κ2) is 5.84. The summed E-state index contributed by atoms with van der Waals surface area (Å²) in [5, 5.41) is 4.50. The zero-order valence-electron chi connectivity index (χ0n) is 11.5. The van der Waals surface area contributed by atoms with Crippen LogP contribution in [0, 0.1) is 13.8 Å². The van der Waals surface area contributed by atoms with Gasteiger partial charge >= 0.3 is 0 Å². The highest BCUT2D eigenvalue weighted by molar-refractivity contribution is 9.10. The van der Waals surface area contributed by atoms with Crippen molar-refractivity contribution < 1.29 is 0 Å². The molecule has 19 heavy (non-hydrogen) atoms. The Morgan fingerprint density at radius 2 is 2.00 bits per heavy atom. The molecule has 0 amide bonds. The summed E-state index contributed by atoms with van der Waals surface area (Å²) in [6.07, 6.45) is 0.879. The van der Waals surface area contributed by atoms with E-state index in [0.29, 0.717) is 0 Å². The average molecular weight is 323 g/mol. The lowest BCUT2D eigenvalue weighted by Crippen LogP contribution is -2.34. The molecule has 102 valence electrons. The third kappa shape index (κ3) is 2.87. The van der Waals surface area contributed by atoms with Crippen LogP contribution in [0.4, 0.5) is 0 Å². The van der Waals surface area contributed by atoms with Crippen LogP contribution in [0.25, 0.3) is 0 Å². The molecule has 0 aliphatic carbocycles. The number of halogens is 1. The number of rotatable bonds is 4. The van der Waals surface area contributed by atoms with Crippen molar-refractivity contribution in [2.45, 2.75) is 39.3 Å². The van der Waals surface area contributed by atoms with Gasteiger partial charge in [0, 0.05) is 10.5 Å². The highest BCUT2D eigenvalue weighted by Crippen LogP contribution is 2.29. The summed E-state index contributed by atoms with van der Waals surface area (Å²) in [5.74, 6) is 1.67. The number of aromatic nitrogens is 3. The Labute approximate surface area is 122 Å². The minimum Gasteiger partial charge on any atom is -0.326 e. The minimum atomic E-state index is -0.00139. The molecule has 1 heterocycles. The van der Waals surface area contributed by atoms with Gasteiger partial charge in [-0.2, -0.15) is 5.10 Å². The molecule has 2 aromatic rings. The van der Waals surface area contributed by atoms with E-state index in [1.54, 1.807) is 0 Å². The van der Waals surface area contributed by atoms with Crippen molar-refractivity contribution in [1.82, 2.24) is 14.8 Å². The molecule has 0 bridgehead atoms. The molecule has 5 heteroatoms. The van der Waals surface area contributed by atoms with Crippen molar-refractivity contribution in [1.29, 1.82) is 0 Å². The van der Waals surface area contributed by atoms with E-state index in [2.05, 4.69) is 39.0 Å². The molecule has 0 aliphatic rings. The first-order chi connectivity index (χ1) is 9.04. The van der Waals surface area contributed by atoms with Crippen LogP contribution in [-0.2, 0) is 0 Å². The number of nitrogens with zero attached hydrogens (tertiary/aromatic N) is 3. The van der Waals surface area contributed by atoms with Crippen molar-refractivity contribution in [3.05, 3.63) is 46.0 Å². The fourth-order valence-corrected chi connectivity index (χ4v) is 2.80. The van der Waals surface area contributed by atoms with Gasteiger partial charge in [-0.1, -0.05) is 41.1 Å². The van der Waals surface area contributed by atoms with Gasteiger partial charge in [0.15, 0.2) is 0 Å². The zero-order chi connectivity index (χ0) is 14.0. The maximum atomic E-state index is 6.32. The van der Waals surface area contributed by atoms with E-state index >= 15 is 0 Å². The molecule has 1 aromatic heterocycles. The Kier molecular flexibility index (Phi) is 4.37. The number of aryl methyl sites for hydroxylation is 2. The van der Waals surface area contributed by atoms with Crippen LogP contribution in [-0.4, -0.2) is 20.8 Å². The summed E-state index contributed by atoms with van der Waals surface area (Å²) in [4.78, 5) is 4.38. The summed E-state index contributed by atoms with van der Waals surface area (Å²) >= 11 is 3.61. The van der Waals surface area contributed by atoms with Gasteiger partial charge in [-0.25, -0.2) is 9.67 Å². The van der Waals surface area contributed by atoms with Crippen molar-refractivity contribution in [2.75, 3.05) is 0 Å². The molecular formula is C14H19BrN4. The highest BCUT2D eigenvalue weighted by Gasteiger charge is 2.25. The summed E-state index contributed by atoms with van der Waals surface area (Å²) in [6.45, 7) is 5.96. The van der Waals surface area contributed by atoms with Crippen LogP contribution >= 0.6 is 15.9 Å². The Bertz CT molecular complexity index is 564. The molecule has 0 saturated carbocycles. The monoisotopic (exact) mass is 322 g/mol. The Morgan fingerprint density at radius 1 is 1.32 bits per heavy atom. The highest BCUT2D eigenvalue weighted by atomic mass is 79.9. The van der Waals surface area contributed by atoms with Crippen LogP contribution in [0.1, 0.15) is 36.6 Å². The topological polar surface area (TPSA) is 56.7 Å². The minimum absolute atomic E-state index is 0.00139. The van der Waals surface area contributed by atoms with Gasteiger partial charge in [-0.3, -0.25) is 0 Å². The molecule has 2 N–H and O–H groups in total. The van der Waals surface area contributed by atoms with Gasteiger partial charge in [0.05, 0.1) is 6.04 Å². The molecule has 0 saturated heterocycles. The molecule has 0 fully saturated rings. The van der Waals surface area contributed by atoms with Gasteiger partial charge in [0.1, 0.15) is 11.6 Å². The Morgan fingerprint density at radius 3 is 2.53 bits per heavy atom. The molecule has 0 spiro atoms. The largest absolute Gasteiger partial charge is 0.326 e. The number of nitrogens with two attached hydrogens (primary N) is 1. The number of hydrogen-bond acceptors (Lipinski definition) is 3. The third-order valence-corrected chi connectivity index (χ3v) is 3.99. The van der Waals surface area contributed by atoms with E-state index in [-0.39, 0.29) is 12.1 Å². The first-order valence-electron chi connectivity index (χ1n) is 6.44. The van der Waals surface area contributed by atoms with Crippen molar-refractivity contribution in [3.8, 4) is 0 Å². The summed E-state index contributed by atoms with van der Waals surface area (Å²) < 4.78 is 2.99. The van der Waals surface area contributed by atoms with Crippen LogP contribution in [0.15, 0.2) is 28.7 Å². The van der Waals surface area contributed by atoms with Gasteiger partial charge in [0.2, 0.25) is 0 Å². The maximum absolute atomic E-state index is 6.32. The van der Waals surface area contributed by atoms with Crippen LogP contribution < -0.4 is 5.73 Å². The third-order valence-electron chi connectivity index (χ3n) is 3.27. The fraction of sp³-hybridized carbons (Fsp3) is 0.429. The quantitative estimate of drug-likeness (QED) is 0.941. The second-order valence-electron chi connectivity index (χ2n) is 4.69. The van der Waals surface area contributed by atoms with E-state index in [1.165, 1.54) is 0 Å². The summed E-state index contributed by atoms with van der Waals surface area (Å²) in [6, 6.07) is 8.14. The standard InChI is InChI=1S/C14H19BrN4/c1-4-13(16)14(11-7-5-6-8-12(11)15)19-10(3)17-9(2)18-19/h5-8,13-14H,4,16H2,1-3H3. The summed E-state index contributed by atoms with van der Waals surface area (Å²) in [7, 11) is 0. The lowest BCUT2D eigenvalue weighted by Gasteiger charge is -2.25. The molecule has 2 unspecified atom stereocenters. The number of benzene rings is 1. The predicted molar refractivity (Wildman–Crippen MR) is 80.0 cm³/mol. The second-order valence-corrected chi connectivity index (χ2v) is 5.54. The first-order valence-corrected chi connectivity index (χ1v) is 7.23. The van der Waals surface area contributed by atoms with Gasteiger partial charge in [-0.05, 0) is 31.9 Å². The molecule has 0 aliphatic heterocycles. The maximum Gasteiger partial charge on any atom is 0.147 e. The average Bonchev–Trinajstić information content (AvgIpc) is 2.71. The van der Waals surface area contributed by atoms with Crippen molar-refractivity contribution in [3.63, 3.8) is 0 Å². The lowest BCUT2D eigenvalue weighted by atomic mass is 9.98. The van der Waals surface area contributed by atoms with Crippen molar-refractivity contribution >= 4 is 15.9 Å². The molecule has 0 radical (unpaired) electrons. The molecular weight excluding hydrogens is 304 g/mol. The smallest absolute Gasteiger partial charge is 0.147 e. The molecule has 1 aromatic carbocycles. The van der Waals surface area contributed by atoms with Crippen LogP contribution in [0.5, 0.6) is 0 Å². The predicted octanol–water partition coefficient (Wildman–Crippen LogP) is 2.98. The SMILES string of the molecule is CCC(N)C(c1ccccc1Br)n1nc(C)nc1C. The first kappa shape index (κ1) is 14.2. The van der Waals surface area contributed by atoms with E-state index < -0.39 is 0 Å². The fourth-order valence-electron chi connectivity index (χ4n) is 2.28. The zero-order valence-corrected chi connectivity index (χ0v) is 13.1. The van der Waals surface area contributed by atoms with Gasteiger partial charge in [0.25, 0.3) is 0 Å². The van der Waals surface area contributed by atoms with E-state index in [1.807, 2.05) is 36.7 Å². The lowest BCUT2D eigenvalue weighted by molar-refractivity contribution is 0.413. The van der Waals surface area contributed by atoms with Crippen molar-refractivity contribution in [2.24, 2.45) is 5.73 Å².